The highest BCUT2D eigenvalue weighted by Crippen LogP contribution is 2.36. The van der Waals surface area contributed by atoms with E-state index in [-0.39, 0.29) is 18.6 Å². The quantitative estimate of drug-likeness (QED) is 0.296. The minimum Gasteiger partial charge on any atom is -0.461 e. The summed E-state index contributed by atoms with van der Waals surface area (Å²) < 4.78 is 3.16. The number of hydrogen-bond acceptors (Lipinski definition) is 3. The van der Waals surface area contributed by atoms with E-state index in [1.807, 2.05) is 0 Å². The molecule has 0 saturated heterocycles. The molecule has 1 atom stereocenters. The predicted molar refractivity (Wildman–Crippen MR) is 113 cm³/mol. The lowest BCUT2D eigenvalue weighted by molar-refractivity contribution is -0.143. The normalized spacial score (nSPS) is 18.3. The van der Waals surface area contributed by atoms with Crippen molar-refractivity contribution in [2.24, 2.45) is 5.92 Å². The molecule has 0 heterocycles. The summed E-state index contributed by atoms with van der Waals surface area (Å²) in [5.41, 5.74) is 0. The lowest BCUT2D eigenvalue weighted by Crippen LogP contribution is -2.45. The van der Waals surface area contributed by atoms with Crippen LogP contribution in [0.1, 0.15) is 38.5 Å². The summed E-state index contributed by atoms with van der Waals surface area (Å²) in [6, 6.07) is -0.239. The van der Waals surface area contributed by atoms with Crippen LogP contribution in [0.4, 0.5) is 0 Å². The fourth-order valence-electron chi connectivity index (χ4n) is 2.52. The van der Waals surface area contributed by atoms with Gasteiger partial charge in [-0.3, -0.25) is 4.79 Å². The van der Waals surface area contributed by atoms with Crippen molar-refractivity contribution in [2.75, 3.05) is 6.61 Å². The van der Waals surface area contributed by atoms with Crippen LogP contribution in [0.5, 0.6) is 0 Å². The average Bonchev–Trinajstić information content (AvgIpc) is 2.43. The van der Waals surface area contributed by atoms with Gasteiger partial charge in [-0.15, -0.1) is 0 Å². The fraction of sp³-hybridized carbons (Fsp3) is 0.846. The van der Waals surface area contributed by atoms with E-state index in [1.54, 1.807) is 0 Å². The molecule has 0 radical (unpaired) electrons. The van der Waals surface area contributed by atoms with E-state index in [0.717, 1.165) is 19.3 Å². The van der Waals surface area contributed by atoms with Crippen LogP contribution >= 0.6 is 95.6 Å². The van der Waals surface area contributed by atoms with Gasteiger partial charge in [0.15, 0.2) is 0 Å². The molecule has 1 amide bonds. The number of carbonyl (C=O) groups is 2. The highest BCUT2D eigenvalue weighted by atomic mass is 80.0. The lowest BCUT2D eigenvalue weighted by Gasteiger charge is -2.28. The number of alkyl halides is 6. The van der Waals surface area contributed by atoms with Gasteiger partial charge in [0.25, 0.3) is 5.91 Å². The first-order chi connectivity index (χ1) is 10.5. The second-order valence-corrected chi connectivity index (χ2v) is 19.0. The molecule has 1 saturated carbocycles. The topological polar surface area (TPSA) is 55.4 Å². The Morgan fingerprint density at radius 2 is 1.57 bits per heavy atom. The highest BCUT2D eigenvalue weighted by Gasteiger charge is 2.34. The van der Waals surface area contributed by atoms with Crippen LogP contribution in [0.25, 0.3) is 0 Å². The summed E-state index contributed by atoms with van der Waals surface area (Å²) in [6.07, 6.45) is 6.82. The molecule has 1 rings (SSSR count). The largest absolute Gasteiger partial charge is 0.461 e. The van der Waals surface area contributed by atoms with Gasteiger partial charge in [0.05, 0.1) is 6.04 Å². The number of rotatable bonds is 5. The van der Waals surface area contributed by atoms with Crippen molar-refractivity contribution >= 4 is 107 Å². The van der Waals surface area contributed by atoms with Crippen molar-refractivity contribution in [3.8, 4) is 0 Å². The van der Waals surface area contributed by atoms with E-state index in [9.17, 15) is 9.59 Å². The van der Waals surface area contributed by atoms with Gasteiger partial charge in [0.2, 0.25) is 4.29 Å². The van der Waals surface area contributed by atoms with Crippen molar-refractivity contribution in [1.29, 1.82) is 0 Å². The zero-order valence-corrected chi connectivity index (χ0v) is 21.6. The van der Waals surface area contributed by atoms with Crippen molar-refractivity contribution in [1.82, 2.24) is 5.32 Å². The predicted octanol–water partition coefficient (Wildman–Crippen LogP) is 5.66. The molecule has 1 fully saturated rings. The minimum absolute atomic E-state index is 0.120. The molecule has 10 heteroatoms. The van der Waals surface area contributed by atoms with Crippen molar-refractivity contribution in [3.05, 3.63) is 0 Å². The maximum Gasteiger partial charge on any atom is 0.345 e. The molecule has 1 aliphatic rings. The Morgan fingerprint density at radius 1 is 1.00 bits per heavy atom. The molecule has 1 aliphatic carbocycles. The molecule has 23 heavy (non-hydrogen) atoms. The molecule has 0 spiro atoms. The molecule has 0 aromatic carbocycles. The van der Waals surface area contributed by atoms with Crippen LogP contribution in [0.3, 0.4) is 0 Å². The SMILES string of the molecule is O=C(NC(COC(=O)C(Br)(Br)Br)CC1CCCCC1)C(Br)(Br)Br. The first-order valence-electron chi connectivity index (χ1n) is 7.11. The van der Waals surface area contributed by atoms with E-state index in [4.69, 9.17) is 4.74 Å². The number of amides is 1. The Labute approximate surface area is 186 Å². The van der Waals surface area contributed by atoms with Crippen molar-refractivity contribution in [3.63, 3.8) is 0 Å². The van der Waals surface area contributed by atoms with E-state index < -0.39 is 10.3 Å². The van der Waals surface area contributed by atoms with E-state index in [1.165, 1.54) is 19.3 Å². The zero-order valence-electron chi connectivity index (χ0n) is 12.1. The van der Waals surface area contributed by atoms with Crippen LogP contribution in [0.15, 0.2) is 0 Å². The summed E-state index contributed by atoms with van der Waals surface area (Å²) in [7, 11) is 0. The molecule has 0 aromatic heterocycles. The van der Waals surface area contributed by atoms with Gasteiger partial charge in [0, 0.05) is 0 Å². The summed E-state index contributed by atoms with van der Waals surface area (Å²) >= 11 is 19.0. The Morgan fingerprint density at radius 3 is 2.04 bits per heavy atom. The Balaban J connectivity index is 2.63. The first kappa shape index (κ1) is 22.9. The van der Waals surface area contributed by atoms with E-state index in [0.29, 0.717) is 5.92 Å². The molecule has 134 valence electrons. The van der Waals surface area contributed by atoms with Crippen LogP contribution in [-0.2, 0) is 14.3 Å². The van der Waals surface area contributed by atoms with E-state index >= 15 is 0 Å². The van der Waals surface area contributed by atoms with Gasteiger partial charge in [-0.25, -0.2) is 4.79 Å². The molecule has 1 unspecified atom stereocenters. The van der Waals surface area contributed by atoms with Crippen LogP contribution in [0, 0.1) is 5.92 Å². The second kappa shape index (κ2) is 10.2. The molecule has 4 nitrogen and oxygen atoms in total. The number of esters is 1. The maximum absolute atomic E-state index is 12.1. The molecule has 0 aromatic rings. The van der Waals surface area contributed by atoms with Crippen LogP contribution < -0.4 is 5.32 Å². The van der Waals surface area contributed by atoms with Gasteiger partial charge < -0.3 is 10.1 Å². The lowest BCUT2D eigenvalue weighted by atomic mass is 9.85. The van der Waals surface area contributed by atoms with Crippen molar-refractivity contribution < 1.29 is 14.3 Å². The number of hydrogen-bond donors (Lipinski definition) is 1. The van der Waals surface area contributed by atoms with Gasteiger partial charge in [0.1, 0.15) is 6.61 Å². The van der Waals surface area contributed by atoms with Crippen LogP contribution in [0.2, 0.25) is 0 Å². The van der Waals surface area contributed by atoms with Gasteiger partial charge >= 0.3 is 5.97 Å². The Hall–Kier alpha value is 1.82. The van der Waals surface area contributed by atoms with Crippen LogP contribution in [-0.4, -0.2) is 28.8 Å². The summed E-state index contributed by atoms with van der Waals surface area (Å²) in [5.74, 6) is -0.217. The molecule has 1 N–H and O–H groups in total. The molecular formula is C13H17Br6NO3. The molecule has 0 bridgehead atoms. The third kappa shape index (κ3) is 9.35. The maximum atomic E-state index is 12.1. The smallest absolute Gasteiger partial charge is 0.345 e. The number of carbonyl (C=O) groups excluding carboxylic acids is 2. The molecule has 0 aliphatic heterocycles. The highest BCUT2D eigenvalue weighted by molar-refractivity contribution is 9.40. The number of nitrogens with one attached hydrogen (secondary N) is 1. The monoisotopic (exact) mass is 709 g/mol. The van der Waals surface area contributed by atoms with E-state index in [2.05, 4.69) is 101 Å². The van der Waals surface area contributed by atoms with Gasteiger partial charge in [-0.1, -0.05) is 32.1 Å². The van der Waals surface area contributed by atoms with Gasteiger partial charge in [-0.05, 0) is 108 Å². The standard InChI is InChI=1S/C13H17Br6NO3/c14-12(15,16)10(21)20-9(6-8-4-2-1-3-5-8)7-23-11(22)13(17,18)19/h8-9H,1-7H2,(H,20,21). The minimum atomic E-state index is -1.10. The Bertz CT molecular complexity index is 415. The average molecular weight is 715 g/mol. The second-order valence-electron chi connectivity index (χ2n) is 5.50. The van der Waals surface area contributed by atoms with Gasteiger partial charge in [-0.2, -0.15) is 0 Å². The summed E-state index contributed by atoms with van der Waals surface area (Å²) in [4.78, 5) is 24.0. The first-order valence-corrected chi connectivity index (χ1v) is 11.9. The summed E-state index contributed by atoms with van der Waals surface area (Å²) in [5, 5.41) is 2.91. The molecular weight excluding hydrogens is 698 g/mol. The fourth-order valence-corrected chi connectivity index (χ4v) is 3.21. The van der Waals surface area contributed by atoms with Crippen molar-refractivity contribution in [2.45, 2.75) is 48.9 Å². The Kier molecular flexibility index (Phi) is 10.2. The third-order valence-electron chi connectivity index (χ3n) is 3.58. The summed E-state index contributed by atoms with van der Waals surface area (Å²) in [6.45, 7) is 0.120. The third-order valence-corrected chi connectivity index (χ3v) is 5.63. The number of ether oxygens (including phenoxy) is 1. The number of halogens is 6. The zero-order chi connectivity index (χ0) is 17.7.